The number of hydrogen-bond donors (Lipinski definition) is 0. The number of benzene rings is 11. The number of fused-ring (bicyclic) bond motifs is 9. The highest BCUT2D eigenvalue weighted by molar-refractivity contribution is 6.19. The lowest BCUT2D eigenvalue weighted by Crippen LogP contribution is -2.29. The highest BCUT2D eigenvalue weighted by Gasteiger charge is 2.46. The lowest BCUT2D eigenvalue weighted by atomic mass is 9.67. The van der Waals surface area contributed by atoms with Crippen molar-refractivity contribution in [3.63, 3.8) is 0 Å². The van der Waals surface area contributed by atoms with Crippen LogP contribution in [-0.4, -0.2) is 0 Å². The van der Waals surface area contributed by atoms with Crippen LogP contribution in [0.2, 0.25) is 0 Å². The van der Waals surface area contributed by atoms with Gasteiger partial charge in [0.2, 0.25) is 0 Å². The minimum absolute atomic E-state index is 0.585. The fourth-order valence-electron chi connectivity index (χ4n) is 12.6. The molecule has 11 aromatic carbocycles. The van der Waals surface area contributed by atoms with Crippen LogP contribution in [0.4, 0.5) is 34.1 Å². The molecular formula is C69H50N2. The maximum Gasteiger partial charge on any atom is 0.0714 e. The average molecular weight is 907 g/mol. The van der Waals surface area contributed by atoms with Crippen LogP contribution in [0.15, 0.2) is 243 Å². The first-order valence-electron chi connectivity index (χ1n) is 25.2. The first kappa shape index (κ1) is 41.3. The summed E-state index contributed by atoms with van der Waals surface area (Å²) >= 11 is 0. The molecule has 11 aromatic rings. The van der Waals surface area contributed by atoms with Crippen molar-refractivity contribution in [1.29, 1.82) is 0 Å². The van der Waals surface area contributed by atoms with E-state index < -0.39 is 5.41 Å². The predicted molar refractivity (Wildman–Crippen MR) is 298 cm³/mol. The predicted octanol–water partition coefficient (Wildman–Crippen LogP) is 17.7. The van der Waals surface area contributed by atoms with Crippen molar-refractivity contribution < 1.29 is 0 Å². The van der Waals surface area contributed by atoms with Crippen LogP contribution >= 0.6 is 0 Å². The Morgan fingerprint density at radius 1 is 0.324 bits per heavy atom. The quantitative estimate of drug-likeness (QED) is 0.121. The summed E-state index contributed by atoms with van der Waals surface area (Å²) in [7, 11) is 0. The van der Waals surface area contributed by atoms with Crippen LogP contribution in [-0.2, 0) is 31.1 Å². The molecule has 0 unspecified atom stereocenters. The summed E-state index contributed by atoms with van der Waals surface area (Å²) in [6, 6.07) is 90.8. The van der Waals surface area contributed by atoms with Crippen LogP contribution in [0.25, 0.3) is 44.8 Å². The van der Waals surface area contributed by atoms with Gasteiger partial charge in [-0.15, -0.1) is 0 Å². The molecule has 1 aliphatic carbocycles. The standard InChI is InChI=1S/C69H50N2/c1-3-23-52(24-4-1)69(53-25-5-2-6-26-53)62-45-47(36-43-58(62)59-44-41-54(46-63(59)69)70-64-31-15-7-19-48(64)37-38-49-20-8-16-32-65(49)70)35-42-57-55-27-11-13-29-60(55)68(61-30-14-12-28-56(57)61)71-66-33-17-9-21-50(66)39-40-51-22-10-18-34-67(51)71/h1-36,41-46H,37-40H2/b42-35+. The zero-order valence-electron chi connectivity index (χ0n) is 39.5. The van der Waals surface area contributed by atoms with E-state index in [1.165, 1.54) is 117 Å². The van der Waals surface area contributed by atoms with E-state index in [1.54, 1.807) is 0 Å². The van der Waals surface area contributed by atoms with Gasteiger partial charge < -0.3 is 9.80 Å². The Kier molecular flexibility index (Phi) is 9.74. The zero-order chi connectivity index (χ0) is 46.9. The lowest BCUT2D eigenvalue weighted by Gasteiger charge is -2.35. The Morgan fingerprint density at radius 3 is 1.21 bits per heavy atom. The van der Waals surface area contributed by atoms with Gasteiger partial charge in [-0.1, -0.05) is 212 Å². The summed E-state index contributed by atoms with van der Waals surface area (Å²) in [6.07, 6.45) is 8.75. The number of para-hydroxylation sites is 4. The van der Waals surface area contributed by atoms with Gasteiger partial charge in [-0.25, -0.2) is 0 Å². The van der Waals surface area contributed by atoms with Crippen LogP contribution in [0.1, 0.15) is 55.6 Å². The van der Waals surface area contributed by atoms with Crippen LogP contribution in [0, 0.1) is 0 Å². The number of aryl methyl sites for hydroxylation is 4. The molecule has 2 nitrogen and oxygen atoms in total. The van der Waals surface area contributed by atoms with Crippen LogP contribution in [0.3, 0.4) is 0 Å². The van der Waals surface area contributed by atoms with E-state index in [2.05, 4.69) is 265 Å². The molecule has 0 amide bonds. The molecule has 2 heteroatoms. The molecule has 2 aliphatic heterocycles. The third kappa shape index (κ3) is 6.48. The molecule has 0 aromatic heterocycles. The molecule has 0 bridgehead atoms. The van der Waals surface area contributed by atoms with Crippen LogP contribution < -0.4 is 9.80 Å². The minimum atomic E-state index is -0.585. The second-order valence-electron chi connectivity index (χ2n) is 19.4. The minimum Gasteiger partial charge on any atom is -0.310 e. The van der Waals surface area contributed by atoms with Crippen molar-refractivity contribution in [1.82, 2.24) is 0 Å². The molecule has 2 heterocycles. The number of rotatable bonds is 6. The van der Waals surface area contributed by atoms with Gasteiger partial charge in [0.15, 0.2) is 0 Å². The van der Waals surface area contributed by atoms with Gasteiger partial charge in [0.25, 0.3) is 0 Å². The van der Waals surface area contributed by atoms with Gasteiger partial charge in [-0.05, 0) is 146 Å². The van der Waals surface area contributed by atoms with Crippen molar-refractivity contribution in [2.45, 2.75) is 31.1 Å². The summed E-state index contributed by atoms with van der Waals surface area (Å²) in [5.41, 5.74) is 22.3. The molecular weight excluding hydrogens is 857 g/mol. The number of hydrogen-bond acceptors (Lipinski definition) is 2. The molecule has 0 spiro atoms. The molecule has 71 heavy (non-hydrogen) atoms. The monoisotopic (exact) mass is 906 g/mol. The molecule has 0 fully saturated rings. The Balaban J connectivity index is 0.963. The summed E-state index contributed by atoms with van der Waals surface area (Å²) < 4.78 is 0. The Labute approximate surface area is 416 Å². The van der Waals surface area contributed by atoms with E-state index in [9.17, 15) is 0 Å². The van der Waals surface area contributed by atoms with Crippen molar-refractivity contribution in [3.05, 3.63) is 298 Å². The molecule has 14 rings (SSSR count). The highest BCUT2D eigenvalue weighted by atomic mass is 15.2. The zero-order valence-corrected chi connectivity index (χ0v) is 39.5. The van der Waals surface area contributed by atoms with Crippen molar-refractivity contribution in [2.75, 3.05) is 9.80 Å². The van der Waals surface area contributed by atoms with Gasteiger partial charge in [0, 0.05) is 39.2 Å². The third-order valence-corrected chi connectivity index (χ3v) is 15.7. The van der Waals surface area contributed by atoms with Gasteiger partial charge >= 0.3 is 0 Å². The average Bonchev–Trinajstić information content (AvgIpc) is 3.51. The summed E-state index contributed by atoms with van der Waals surface area (Å²) in [4.78, 5) is 5.07. The van der Waals surface area contributed by atoms with E-state index in [4.69, 9.17) is 0 Å². The van der Waals surface area contributed by atoms with E-state index >= 15 is 0 Å². The fourth-order valence-corrected chi connectivity index (χ4v) is 12.6. The van der Waals surface area contributed by atoms with Crippen molar-refractivity contribution in [3.8, 4) is 11.1 Å². The largest absolute Gasteiger partial charge is 0.310 e. The Hall–Kier alpha value is -8.72. The van der Waals surface area contributed by atoms with Crippen molar-refractivity contribution >= 4 is 67.8 Å². The van der Waals surface area contributed by atoms with E-state index in [0.29, 0.717) is 0 Å². The first-order valence-corrected chi connectivity index (χ1v) is 25.2. The molecule has 0 atom stereocenters. The summed E-state index contributed by atoms with van der Waals surface area (Å²) in [6.45, 7) is 0. The first-order chi connectivity index (χ1) is 35.2. The van der Waals surface area contributed by atoms with E-state index in [-0.39, 0.29) is 0 Å². The molecule has 0 saturated carbocycles. The van der Waals surface area contributed by atoms with Crippen LogP contribution in [0.5, 0.6) is 0 Å². The molecule has 336 valence electrons. The SMILES string of the molecule is C(=C\c1c2ccccc2c(N2c3ccccc3CCc3ccccc32)c2ccccc12)/c1ccc2c(c1)C(c1ccccc1)(c1ccccc1)c1cc(N3c4ccccc4CCc4ccccc43)ccc1-2. The maximum absolute atomic E-state index is 2.55. The normalized spacial score (nSPS) is 14.3. The molecule has 0 N–H and O–H groups in total. The van der Waals surface area contributed by atoms with Crippen molar-refractivity contribution in [2.24, 2.45) is 0 Å². The van der Waals surface area contributed by atoms with Gasteiger partial charge in [-0.3, -0.25) is 0 Å². The molecule has 0 radical (unpaired) electrons. The Bertz CT molecular complexity index is 3710. The topological polar surface area (TPSA) is 6.48 Å². The number of nitrogens with zero attached hydrogens (tertiary/aromatic N) is 2. The summed E-state index contributed by atoms with van der Waals surface area (Å²) in [5.74, 6) is 0. The second-order valence-corrected chi connectivity index (χ2v) is 19.4. The second kappa shape index (κ2) is 16.8. The van der Waals surface area contributed by atoms with Gasteiger partial charge in [-0.2, -0.15) is 0 Å². The third-order valence-electron chi connectivity index (χ3n) is 15.7. The molecule has 0 saturated heterocycles. The van der Waals surface area contributed by atoms with E-state index in [0.717, 1.165) is 31.2 Å². The van der Waals surface area contributed by atoms with Gasteiger partial charge in [0.05, 0.1) is 11.1 Å². The lowest BCUT2D eigenvalue weighted by molar-refractivity contribution is 0.768. The summed E-state index contributed by atoms with van der Waals surface area (Å²) in [5, 5.41) is 4.94. The fraction of sp³-hybridized carbons (Fsp3) is 0.0725. The highest BCUT2D eigenvalue weighted by Crippen LogP contribution is 2.58. The molecule has 3 aliphatic rings. The van der Waals surface area contributed by atoms with E-state index in [1.807, 2.05) is 0 Å². The van der Waals surface area contributed by atoms with Gasteiger partial charge in [0.1, 0.15) is 0 Å². The maximum atomic E-state index is 2.55. The Morgan fingerprint density at radius 2 is 0.718 bits per heavy atom. The smallest absolute Gasteiger partial charge is 0.0714 e. The number of anilines is 6.